The second kappa shape index (κ2) is 8.73. The largest absolute Gasteiger partial charge is 0.396 e. The van der Waals surface area contributed by atoms with Crippen molar-refractivity contribution < 1.29 is 27.9 Å². The molecule has 2 aromatic heterocycles. The topological polar surface area (TPSA) is 98.7 Å². The van der Waals surface area contributed by atoms with Crippen molar-refractivity contribution in [3.63, 3.8) is 0 Å². The molecule has 8 nitrogen and oxygen atoms in total. The monoisotopic (exact) mass is 449 g/mol. The quantitative estimate of drug-likeness (QED) is 0.657. The molecule has 4 rings (SSSR count). The lowest BCUT2D eigenvalue weighted by molar-refractivity contribution is -0.177. The SMILES string of the molecule is O=C(CC(CCO)C(F)(F)F)c1ccc2c(n1)N(C(=O)Nc1ccccn1)[C@H]1CCN2C1. The summed E-state index contributed by atoms with van der Waals surface area (Å²) in [6, 6.07) is 7.43. The second-order valence-electron chi connectivity index (χ2n) is 7.82. The number of hydrogen-bond donors (Lipinski definition) is 2. The molecule has 0 spiro atoms. The summed E-state index contributed by atoms with van der Waals surface area (Å²) in [6.07, 6.45) is -3.75. The number of fused-ring (bicyclic) bond motifs is 4. The molecule has 1 fully saturated rings. The van der Waals surface area contributed by atoms with Gasteiger partial charge in [0.2, 0.25) is 0 Å². The Labute approximate surface area is 182 Å². The molecule has 0 aromatic carbocycles. The summed E-state index contributed by atoms with van der Waals surface area (Å²) in [7, 11) is 0. The maximum atomic E-state index is 13.2. The van der Waals surface area contributed by atoms with Gasteiger partial charge in [-0.3, -0.25) is 15.0 Å². The van der Waals surface area contributed by atoms with Crippen LogP contribution in [0.4, 0.5) is 35.3 Å². The lowest BCUT2D eigenvalue weighted by Gasteiger charge is -2.35. The minimum Gasteiger partial charge on any atom is -0.396 e. The van der Waals surface area contributed by atoms with E-state index in [9.17, 15) is 22.8 Å². The highest BCUT2D eigenvalue weighted by Gasteiger charge is 2.42. The molecule has 2 aliphatic heterocycles. The first-order valence-electron chi connectivity index (χ1n) is 10.3. The maximum absolute atomic E-state index is 13.2. The number of nitrogens with zero attached hydrogens (tertiary/aromatic N) is 4. The molecule has 2 N–H and O–H groups in total. The number of ketones is 1. The van der Waals surface area contributed by atoms with E-state index in [1.807, 2.05) is 4.90 Å². The number of amides is 2. The van der Waals surface area contributed by atoms with Gasteiger partial charge in [0.1, 0.15) is 11.5 Å². The third-order valence-corrected chi connectivity index (χ3v) is 5.73. The third-order valence-electron chi connectivity index (χ3n) is 5.73. The molecular formula is C21H22F3N5O3. The fourth-order valence-corrected chi connectivity index (χ4v) is 4.10. The Hall–Kier alpha value is -3.21. The summed E-state index contributed by atoms with van der Waals surface area (Å²) >= 11 is 0. The van der Waals surface area contributed by atoms with Crippen molar-refractivity contribution in [2.75, 3.05) is 34.8 Å². The van der Waals surface area contributed by atoms with Crippen LogP contribution in [0.3, 0.4) is 0 Å². The van der Waals surface area contributed by atoms with E-state index in [0.717, 1.165) is 0 Å². The van der Waals surface area contributed by atoms with Gasteiger partial charge in [0, 0.05) is 32.3 Å². The number of carbonyl (C=O) groups is 2. The Morgan fingerprint density at radius 3 is 2.75 bits per heavy atom. The standard InChI is InChI=1S/C21H22F3N5O3/c22-21(23,24)13(7-10-30)11-17(31)15-4-5-16-19(26-15)29(14-6-9-28(16)12-14)20(32)27-18-3-1-2-8-25-18/h1-5,8,13-14,30H,6-7,9-12H2,(H,25,27,32)/t13?,14-/m0/s1. The summed E-state index contributed by atoms with van der Waals surface area (Å²) in [6.45, 7) is 0.629. The van der Waals surface area contributed by atoms with Gasteiger partial charge in [-0.1, -0.05) is 6.07 Å². The highest BCUT2D eigenvalue weighted by molar-refractivity contribution is 6.05. The van der Waals surface area contributed by atoms with Crippen LogP contribution in [0.2, 0.25) is 0 Å². The predicted octanol–water partition coefficient (Wildman–Crippen LogP) is 3.24. The van der Waals surface area contributed by atoms with Gasteiger partial charge in [-0.15, -0.1) is 0 Å². The molecule has 1 unspecified atom stereocenters. The van der Waals surface area contributed by atoms with Gasteiger partial charge in [0.25, 0.3) is 0 Å². The number of anilines is 3. The van der Waals surface area contributed by atoms with Crippen LogP contribution in [-0.4, -0.2) is 58.8 Å². The van der Waals surface area contributed by atoms with Crippen molar-refractivity contribution in [2.45, 2.75) is 31.5 Å². The lowest BCUT2D eigenvalue weighted by atomic mass is 9.97. The highest BCUT2D eigenvalue weighted by atomic mass is 19.4. The van der Waals surface area contributed by atoms with Crippen LogP contribution in [0.1, 0.15) is 29.8 Å². The summed E-state index contributed by atoms with van der Waals surface area (Å²) in [5.41, 5.74) is 0.503. The Balaban J connectivity index is 1.62. The molecule has 2 atom stereocenters. The number of alkyl halides is 3. The molecule has 0 saturated carbocycles. The smallest absolute Gasteiger partial charge is 0.392 e. The van der Waals surface area contributed by atoms with Gasteiger partial charge in [0.05, 0.1) is 17.6 Å². The zero-order valence-corrected chi connectivity index (χ0v) is 17.0. The van der Waals surface area contributed by atoms with Gasteiger partial charge in [-0.05, 0) is 37.1 Å². The number of aromatic nitrogens is 2. The van der Waals surface area contributed by atoms with Crippen molar-refractivity contribution >= 4 is 29.1 Å². The van der Waals surface area contributed by atoms with Crippen molar-refractivity contribution in [1.29, 1.82) is 0 Å². The number of rotatable bonds is 6. The van der Waals surface area contributed by atoms with Crippen LogP contribution in [0.25, 0.3) is 0 Å². The molecule has 0 radical (unpaired) electrons. The van der Waals surface area contributed by atoms with Gasteiger partial charge in [-0.2, -0.15) is 13.2 Å². The van der Waals surface area contributed by atoms with E-state index in [4.69, 9.17) is 5.11 Å². The van der Waals surface area contributed by atoms with Gasteiger partial charge >= 0.3 is 12.2 Å². The molecule has 32 heavy (non-hydrogen) atoms. The minimum absolute atomic E-state index is 0.144. The summed E-state index contributed by atoms with van der Waals surface area (Å²) < 4.78 is 39.6. The van der Waals surface area contributed by atoms with E-state index < -0.39 is 43.4 Å². The summed E-state index contributed by atoms with van der Waals surface area (Å²) in [5.74, 6) is -2.16. The highest BCUT2D eigenvalue weighted by Crippen LogP contribution is 2.39. The maximum Gasteiger partial charge on any atom is 0.392 e. The Morgan fingerprint density at radius 2 is 2.06 bits per heavy atom. The summed E-state index contributed by atoms with van der Waals surface area (Å²) in [5, 5.41) is 11.6. The number of aliphatic hydroxyl groups excluding tert-OH is 1. The second-order valence-corrected chi connectivity index (χ2v) is 7.82. The van der Waals surface area contributed by atoms with Crippen LogP contribution in [0.15, 0.2) is 36.5 Å². The van der Waals surface area contributed by atoms with E-state index in [1.54, 1.807) is 24.3 Å². The van der Waals surface area contributed by atoms with E-state index >= 15 is 0 Å². The van der Waals surface area contributed by atoms with Crippen molar-refractivity contribution in [1.82, 2.24) is 9.97 Å². The number of carbonyl (C=O) groups excluding carboxylic acids is 2. The molecule has 170 valence electrons. The van der Waals surface area contributed by atoms with Gasteiger partial charge in [-0.25, -0.2) is 14.8 Å². The normalized spacial score (nSPS) is 18.3. The molecular weight excluding hydrogens is 427 g/mol. The zero-order chi connectivity index (χ0) is 22.9. The van der Waals surface area contributed by atoms with E-state index in [2.05, 4.69) is 15.3 Å². The number of nitrogens with one attached hydrogen (secondary N) is 1. The number of Topliss-reactive ketones (excluding diaryl/α,β-unsaturated/α-hetero) is 1. The summed E-state index contributed by atoms with van der Waals surface area (Å²) in [4.78, 5) is 37.6. The fraction of sp³-hybridized carbons (Fsp3) is 0.429. The number of hydrogen-bond acceptors (Lipinski definition) is 6. The molecule has 2 bridgehead atoms. The van der Waals surface area contributed by atoms with Crippen LogP contribution < -0.4 is 15.1 Å². The van der Waals surface area contributed by atoms with Crippen molar-refractivity contribution in [3.8, 4) is 0 Å². The third kappa shape index (κ3) is 4.38. The van der Waals surface area contributed by atoms with E-state index in [-0.39, 0.29) is 17.6 Å². The molecule has 2 aliphatic rings. The van der Waals surface area contributed by atoms with Crippen LogP contribution >= 0.6 is 0 Å². The molecule has 1 saturated heterocycles. The van der Waals surface area contributed by atoms with E-state index in [1.165, 1.54) is 17.2 Å². The average Bonchev–Trinajstić information content (AvgIpc) is 3.17. The van der Waals surface area contributed by atoms with Gasteiger partial charge < -0.3 is 10.0 Å². The van der Waals surface area contributed by atoms with E-state index in [0.29, 0.717) is 31.0 Å². The fourth-order valence-electron chi connectivity index (χ4n) is 4.10. The first-order chi connectivity index (χ1) is 15.3. The number of halogens is 3. The van der Waals surface area contributed by atoms with Crippen LogP contribution in [0.5, 0.6) is 0 Å². The van der Waals surface area contributed by atoms with Crippen LogP contribution in [0, 0.1) is 5.92 Å². The van der Waals surface area contributed by atoms with Crippen molar-refractivity contribution in [2.24, 2.45) is 5.92 Å². The zero-order valence-electron chi connectivity index (χ0n) is 17.0. The predicted molar refractivity (Wildman–Crippen MR) is 111 cm³/mol. The first kappa shape index (κ1) is 22.0. The first-order valence-corrected chi connectivity index (χ1v) is 10.3. The lowest BCUT2D eigenvalue weighted by Crippen LogP contribution is -2.48. The molecule has 11 heteroatoms. The van der Waals surface area contributed by atoms with Gasteiger partial charge in [0.15, 0.2) is 11.6 Å². The number of urea groups is 1. The number of aliphatic hydroxyl groups is 1. The van der Waals surface area contributed by atoms with Crippen molar-refractivity contribution in [3.05, 3.63) is 42.2 Å². The Kier molecular flexibility index (Phi) is 6.00. The Bertz CT molecular complexity index is 1000. The number of pyridine rings is 2. The van der Waals surface area contributed by atoms with Crippen LogP contribution in [-0.2, 0) is 0 Å². The molecule has 0 aliphatic carbocycles. The molecule has 4 heterocycles. The molecule has 2 amide bonds. The minimum atomic E-state index is -4.61. The Morgan fingerprint density at radius 1 is 1.25 bits per heavy atom. The molecule has 2 aromatic rings. The average molecular weight is 449 g/mol.